The number of pyridine rings is 2. The molecule has 4 aromatic rings. The average molecular weight is 463 g/mol. The number of hydrogen-bond donors (Lipinski definition) is 2. The van der Waals surface area contributed by atoms with E-state index >= 15 is 0 Å². The van der Waals surface area contributed by atoms with Crippen LogP contribution in [-0.4, -0.2) is 28.6 Å². The molecule has 12 heteroatoms. The Bertz CT molecular complexity index is 1440. The van der Waals surface area contributed by atoms with E-state index in [1.54, 1.807) is 13.0 Å². The third kappa shape index (κ3) is 4.08. The van der Waals surface area contributed by atoms with E-state index in [0.29, 0.717) is 11.2 Å². The van der Waals surface area contributed by atoms with E-state index in [0.717, 1.165) is 35.5 Å². The van der Waals surface area contributed by atoms with E-state index in [1.165, 1.54) is 13.1 Å². The highest BCUT2D eigenvalue weighted by Crippen LogP contribution is 2.31. The number of fused-ring (bicyclic) bond motifs is 1. The van der Waals surface area contributed by atoms with Gasteiger partial charge in [-0.1, -0.05) is 0 Å². The summed E-state index contributed by atoms with van der Waals surface area (Å²) in [6, 6.07) is 4.22. The van der Waals surface area contributed by atoms with Gasteiger partial charge in [0.1, 0.15) is 17.3 Å². The van der Waals surface area contributed by atoms with Gasteiger partial charge in [-0.2, -0.15) is 5.10 Å². The fraction of sp³-hybridized carbons (Fsp3) is 0.150. The zero-order valence-electron chi connectivity index (χ0n) is 16.8. The first-order chi connectivity index (χ1) is 15.2. The summed E-state index contributed by atoms with van der Waals surface area (Å²) < 4.78 is 75.1. The summed E-state index contributed by atoms with van der Waals surface area (Å²) in [4.78, 5) is 7.30. The second kappa shape index (κ2) is 8.11. The van der Waals surface area contributed by atoms with E-state index in [9.17, 15) is 21.6 Å². The molecule has 0 radical (unpaired) electrons. The van der Waals surface area contributed by atoms with Crippen LogP contribution in [-0.2, 0) is 16.6 Å². The number of benzene rings is 1. The second-order valence-corrected chi connectivity index (χ2v) is 8.58. The first-order valence-corrected chi connectivity index (χ1v) is 10.7. The topological polar surface area (TPSA) is 110 Å². The molecule has 0 atom stereocenters. The van der Waals surface area contributed by atoms with Crippen LogP contribution in [0.25, 0.3) is 11.0 Å². The minimum Gasteiger partial charge on any atom is -0.483 e. The van der Waals surface area contributed by atoms with Crippen LogP contribution in [0, 0.1) is 31.3 Å². The van der Waals surface area contributed by atoms with Crippen molar-refractivity contribution in [2.24, 2.45) is 0 Å². The number of ether oxygens (including phenoxy) is 1. The lowest BCUT2D eigenvalue weighted by Gasteiger charge is -2.14. The number of anilines is 1. The zero-order valence-corrected chi connectivity index (χ0v) is 17.6. The van der Waals surface area contributed by atoms with Crippen molar-refractivity contribution in [3.05, 3.63) is 71.1 Å². The Balaban J connectivity index is 1.60. The van der Waals surface area contributed by atoms with Crippen LogP contribution in [0.4, 0.5) is 18.9 Å². The molecule has 3 aromatic heterocycles. The van der Waals surface area contributed by atoms with Gasteiger partial charge in [-0.3, -0.25) is 14.8 Å². The number of nitrogens with one attached hydrogen (secondary N) is 2. The Kier molecular flexibility index (Phi) is 5.46. The van der Waals surface area contributed by atoms with Crippen LogP contribution < -0.4 is 9.46 Å². The van der Waals surface area contributed by atoms with Crippen LogP contribution in [0.2, 0.25) is 0 Å². The van der Waals surface area contributed by atoms with Gasteiger partial charge in [-0.25, -0.2) is 26.6 Å². The number of hydrogen-bond acceptors (Lipinski definition) is 6. The van der Waals surface area contributed by atoms with Crippen molar-refractivity contribution in [1.29, 1.82) is 0 Å². The maximum Gasteiger partial charge on any atom is 0.263 e. The highest BCUT2D eigenvalue weighted by Gasteiger charge is 2.23. The van der Waals surface area contributed by atoms with E-state index in [1.807, 2.05) is 4.72 Å². The van der Waals surface area contributed by atoms with Crippen LogP contribution >= 0.6 is 0 Å². The molecule has 0 aliphatic heterocycles. The summed E-state index contributed by atoms with van der Waals surface area (Å²) in [5, 5.41) is 7.51. The van der Waals surface area contributed by atoms with Crippen molar-refractivity contribution in [1.82, 2.24) is 20.2 Å². The van der Waals surface area contributed by atoms with E-state index in [-0.39, 0.29) is 12.3 Å². The SMILES string of the molecule is Cc1ncc(F)cc1S(=O)(=O)Nc1ccc(F)c(OCc2cnc3n[nH]c(C)c3c2)c1F. The molecule has 8 nitrogen and oxygen atoms in total. The molecule has 0 spiro atoms. The smallest absolute Gasteiger partial charge is 0.263 e. The number of halogens is 3. The van der Waals surface area contributed by atoms with Crippen molar-refractivity contribution in [2.75, 3.05) is 4.72 Å². The summed E-state index contributed by atoms with van der Waals surface area (Å²) in [7, 11) is -4.40. The molecule has 0 saturated heterocycles. The standard InChI is InChI=1S/C20H16F3N5O3S/c1-10-14-5-12(7-25-20(14)27-26-10)9-31-19-15(22)3-4-16(18(19)23)28-32(29,30)17-6-13(21)8-24-11(17)2/h3-8,28H,9H2,1-2H3,(H,25,26,27). The number of aryl methyl sites for hydroxylation is 2. The van der Waals surface area contributed by atoms with Gasteiger partial charge in [-0.05, 0) is 38.1 Å². The number of aromatic amines is 1. The number of nitrogens with zero attached hydrogens (tertiary/aromatic N) is 3. The molecule has 2 N–H and O–H groups in total. The minimum atomic E-state index is -4.40. The second-order valence-electron chi connectivity index (χ2n) is 6.93. The molecule has 32 heavy (non-hydrogen) atoms. The molecule has 166 valence electrons. The Morgan fingerprint density at radius 1 is 1.09 bits per heavy atom. The Morgan fingerprint density at radius 3 is 2.66 bits per heavy atom. The molecule has 0 saturated carbocycles. The van der Waals surface area contributed by atoms with Gasteiger partial charge in [0.2, 0.25) is 0 Å². The van der Waals surface area contributed by atoms with Gasteiger partial charge < -0.3 is 4.74 Å². The van der Waals surface area contributed by atoms with E-state index in [4.69, 9.17) is 4.74 Å². The van der Waals surface area contributed by atoms with Gasteiger partial charge in [-0.15, -0.1) is 0 Å². The molecule has 3 heterocycles. The van der Waals surface area contributed by atoms with Crippen molar-refractivity contribution in [3.63, 3.8) is 0 Å². The number of rotatable bonds is 6. The minimum absolute atomic E-state index is 0.00956. The van der Waals surface area contributed by atoms with Crippen molar-refractivity contribution in [3.8, 4) is 5.75 Å². The monoisotopic (exact) mass is 463 g/mol. The lowest BCUT2D eigenvalue weighted by Crippen LogP contribution is -2.16. The van der Waals surface area contributed by atoms with Gasteiger partial charge in [0.15, 0.2) is 23.0 Å². The quantitative estimate of drug-likeness (QED) is 0.451. The molecule has 0 amide bonds. The normalized spacial score (nSPS) is 11.7. The largest absolute Gasteiger partial charge is 0.483 e. The first-order valence-electron chi connectivity index (χ1n) is 9.21. The molecular weight excluding hydrogens is 447 g/mol. The van der Waals surface area contributed by atoms with Crippen molar-refractivity contribution < 1.29 is 26.3 Å². The predicted octanol–water partition coefficient (Wildman–Crippen LogP) is 3.77. The number of sulfonamides is 1. The van der Waals surface area contributed by atoms with E-state index in [2.05, 4.69) is 20.2 Å². The first kappa shape index (κ1) is 21.6. The molecule has 0 aliphatic carbocycles. The highest BCUT2D eigenvalue weighted by atomic mass is 32.2. The molecule has 0 fully saturated rings. The van der Waals surface area contributed by atoms with Gasteiger partial charge in [0, 0.05) is 22.8 Å². The summed E-state index contributed by atoms with van der Waals surface area (Å²) in [5.74, 6) is -3.94. The van der Waals surface area contributed by atoms with E-state index < -0.39 is 43.8 Å². The Hall–Kier alpha value is -3.67. The third-order valence-electron chi connectivity index (χ3n) is 4.63. The number of H-pyrrole nitrogens is 1. The molecule has 4 rings (SSSR count). The van der Waals surface area contributed by atoms with Gasteiger partial charge in [0.05, 0.1) is 17.6 Å². The average Bonchev–Trinajstić information content (AvgIpc) is 3.12. The summed E-state index contributed by atoms with van der Waals surface area (Å²) >= 11 is 0. The molecule has 1 aromatic carbocycles. The van der Waals surface area contributed by atoms with Crippen LogP contribution in [0.1, 0.15) is 17.0 Å². The van der Waals surface area contributed by atoms with Crippen molar-refractivity contribution in [2.45, 2.75) is 25.3 Å². The fourth-order valence-electron chi connectivity index (χ4n) is 3.00. The summed E-state index contributed by atoms with van der Waals surface area (Å²) in [6.45, 7) is 2.92. The molecule has 0 bridgehead atoms. The lowest BCUT2D eigenvalue weighted by atomic mass is 10.2. The van der Waals surface area contributed by atoms with Crippen LogP contribution in [0.15, 0.2) is 41.6 Å². The van der Waals surface area contributed by atoms with Crippen LogP contribution in [0.3, 0.4) is 0 Å². The molecular formula is C20H16F3N5O3S. The van der Waals surface area contributed by atoms with Gasteiger partial charge in [0.25, 0.3) is 10.0 Å². The lowest BCUT2D eigenvalue weighted by molar-refractivity contribution is 0.274. The predicted molar refractivity (Wildman–Crippen MR) is 109 cm³/mol. The molecule has 0 aliphatic rings. The summed E-state index contributed by atoms with van der Waals surface area (Å²) in [5.41, 5.74) is 1.22. The maximum absolute atomic E-state index is 14.9. The van der Waals surface area contributed by atoms with Gasteiger partial charge >= 0.3 is 0 Å². The Labute approximate surface area is 180 Å². The highest BCUT2D eigenvalue weighted by molar-refractivity contribution is 7.92. The fourth-order valence-corrected chi connectivity index (χ4v) is 4.27. The third-order valence-corrected chi connectivity index (χ3v) is 6.11. The summed E-state index contributed by atoms with van der Waals surface area (Å²) in [6.07, 6.45) is 2.31. The van der Waals surface area contributed by atoms with Crippen molar-refractivity contribution >= 4 is 26.7 Å². The molecule has 0 unspecified atom stereocenters. The Morgan fingerprint density at radius 2 is 1.88 bits per heavy atom. The van der Waals surface area contributed by atoms with Crippen LogP contribution in [0.5, 0.6) is 5.75 Å². The maximum atomic E-state index is 14.9. The zero-order chi connectivity index (χ0) is 23.0. The number of aromatic nitrogens is 4.